The average molecular weight is 292 g/mol. The smallest absolute Gasteiger partial charge is 0.268 e. The monoisotopic (exact) mass is 292 g/mol. The Bertz CT molecular complexity index is 708. The zero-order chi connectivity index (χ0) is 15.5. The van der Waals surface area contributed by atoms with E-state index in [2.05, 4.69) is 35.8 Å². The highest BCUT2D eigenvalue weighted by atomic mass is 16.2. The number of carbonyl (C=O) groups is 1. The number of allylic oxidation sites excluding steroid dienone is 6. The predicted molar refractivity (Wildman–Crippen MR) is 88.8 cm³/mol. The van der Waals surface area contributed by atoms with Gasteiger partial charge in [-0.3, -0.25) is 4.79 Å². The Labute approximate surface area is 131 Å². The van der Waals surface area contributed by atoms with Crippen LogP contribution in [0.5, 0.6) is 0 Å². The number of rotatable bonds is 3. The van der Waals surface area contributed by atoms with E-state index in [-0.39, 0.29) is 11.9 Å². The van der Waals surface area contributed by atoms with Crippen molar-refractivity contribution in [1.82, 2.24) is 10.6 Å². The molecule has 0 saturated heterocycles. The van der Waals surface area contributed by atoms with Crippen molar-refractivity contribution in [3.8, 4) is 0 Å². The zero-order valence-electron chi connectivity index (χ0n) is 12.9. The largest absolute Gasteiger partial charge is 0.354 e. The highest BCUT2D eigenvalue weighted by Crippen LogP contribution is 2.24. The van der Waals surface area contributed by atoms with Crippen LogP contribution in [-0.4, -0.2) is 5.91 Å². The van der Waals surface area contributed by atoms with Crippen molar-refractivity contribution in [3.63, 3.8) is 0 Å². The molecule has 1 unspecified atom stereocenters. The molecule has 0 radical (unpaired) electrons. The Morgan fingerprint density at radius 2 is 1.95 bits per heavy atom. The molecule has 0 aromatic heterocycles. The Kier molecular flexibility index (Phi) is 3.96. The number of hydrogen-bond acceptors (Lipinski definition) is 2. The molecule has 0 saturated carbocycles. The van der Waals surface area contributed by atoms with Crippen LogP contribution in [-0.2, 0) is 4.79 Å². The minimum atomic E-state index is -0.0765. The van der Waals surface area contributed by atoms with Gasteiger partial charge in [0.05, 0.1) is 6.04 Å². The summed E-state index contributed by atoms with van der Waals surface area (Å²) in [7, 11) is 0. The fraction of sp³-hybridized carbons (Fsp3) is 0.211. The van der Waals surface area contributed by atoms with Gasteiger partial charge in [-0.1, -0.05) is 42.5 Å². The third kappa shape index (κ3) is 3.19. The van der Waals surface area contributed by atoms with Gasteiger partial charge in [-0.05, 0) is 42.7 Å². The molecule has 1 heterocycles. The van der Waals surface area contributed by atoms with E-state index >= 15 is 0 Å². The Morgan fingerprint density at radius 3 is 2.73 bits per heavy atom. The van der Waals surface area contributed by atoms with Crippen LogP contribution >= 0.6 is 0 Å². The molecule has 3 rings (SSSR count). The number of benzene rings is 1. The first-order valence-electron chi connectivity index (χ1n) is 7.54. The quantitative estimate of drug-likeness (QED) is 0.895. The normalized spacial score (nSPS) is 17.9. The number of fused-ring (bicyclic) bond motifs is 2. The van der Waals surface area contributed by atoms with Gasteiger partial charge in [-0.25, -0.2) is 0 Å². The molecule has 1 amide bonds. The summed E-state index contributed by atoms with van der Waals surface area (Å²) in [5.74, 6) is -0.0765. The molecular formula is C19H20N2O. The van der Waals surface area contributed by atoms with E-state index in [4.69, 9.17) is 0 Å². The lowest BCUT2D eigenvalue weighted by molar-refractivity contribution is -0.118. The molecule has 22 heavy (non-hydrogen) atoms. The van der Waals surface area contributed by atoms with Crippen LogP contribution in [0.1, 0.15) is 31.9 Å². The first-order valence-corrected chi connectivity index (χ1v) is 7.54. The van der Waals surface area contributed by atoms with Gasteiger partial charge in [0.15, 0.2) is 0 Å². The second-order valence-corrected chi connectivity index (χ2v) is 5.79. The van der Waals surface area contributed by atoms with E-state index in [1.54, 1.807) is 0 Å². The predicted octanol–water partition coefficient (Wildman–Crippen LogP) is 3.51. The van der Waals surface area contributed by atoms with Gasteiger partial charge in [0.1, 0.15) is 5.70 Å². The van der Waals surface area contributed by atoms with Gasteiger partial charge >= 0.3 is 0 Å². The summed E-state index contributed by atoms with van der Waals surface area (Å²) in [4.78, 5) is 12.5. The summed E-state index contributed by atoms with van der Waals surface area (Å²) < 4.78 is 0. The molecule has 1 aliphatic heterocycles. The molecule has 0 spiro atoms. The lowest BCUT2D eigenvalue weighted by atomic mass is 10.0. The van der Waals surface area contributed by atoms with E-state index < -0.39 is 0 Å². The summed E-state index contributed by atoms with van der Waals surface area (Å²) in [5, 5.41) is 6.29. The van der Waals surface area contributed by atoms with E-state index in [0.717, 1.165) is 23.3 Å². The van der Waals surface area contributed by atoms with E-state index in [1.165, 1.54) is 5.57 Å². The lowest BCUT2D eigenvalue weighted by Gasteiger charge is -2.22. The summed E-state index contributed by atoms with van der Waals surface area (Å²) >= 11 is 0. The van der Waals surface area contributed by atoms with Gasteiger partial charge < -0.3 is 10.6 Å². The lowest BCUT2D eigenvalue weighted by Crippen LogP contribution is -2.34. The van der Waals surface area contributed by atoms with E-state index in [0.29, 0.717) is 5.70 Å². The van der Waals surface area contributed by atoms with Crippen molar-refractivity contribution < 1.29 is 4.79 Å². The molecule has 2 N–H and O–H groups in total. The third-order valence-corrected chi connectivity index (χ3v) is 3.87. The van der Waals surface area contributed by atoms with Crippen molar-refractivity contribution in [2.45, 2.75) is 26.3 Å². The van der Waals surface area contributed by atoms with E-state index in [1.807, 2.05) is 43.3 Å². The topological polar surface area (TPSA) is 41.1 Å². The van der Waals surface area contributed by atoms with Crippen LogP contribution in [0.4, 0.5) is 0 Å². The minimum absolute atomic E-state index is 0.0248. The van der Waals surface area contributed by atoms with Crippen LogP contribution < -0.4 is 10.6 Å². The second-order valence-electron chi connectivity index (χ2n) is 5.79. The fourth-order valence-corrected chi connectivity index (χ4v) is 2.69. The Hall–Kier alpha value is -2.55. The SMILES string of the molecule is CC1=CC=C2C=C(C(=O)NC(C)c3ccccc3)NC(=C1)C2. The van der Waals surface area contributed by atoms with Gasteiger partial charge in [0.2, 0.25) is 0 Å². The van der Waals surface area contributed by atoms with Gasteiger partial charge in [-0.2, -0.15) is 0 Å². The molecule has 3 heteroatoms. The molecule has 2 bridgehead atoms. The number of amides is 1. The molecule has 112 valence electrons. The standard InChI is InChI=1S/C19H20N2O/c1-13-8-9-15-11-17(10-13)21-18(12-15)19(22)20-14(2)16-6-4-3-5-7-16/h3-10,12,14,21H,11H2,1-2H3,(H,20,22). The van der Waals surface area contributed by atoms with Crippen molar-refractivity contribution in [1.29, 1.82) is 0 Å². The van der Waals surface area contributed by atoms with Crippen LogP contribution in [0.2, 0.25) is 0 Å². The molecule has 1 aliphatic carbocycles. The highest BCUT2D eigenvalue weighted by molar-refractivity contribution is 5.94. The number of hydrogen-bond donors (Lipinski definition) is 2. The summed E-state index contributed by atoms with van der Waals surface area (Å²) in [5.41, 5.74) is 5.11. The van der Waals surface area contributed by atoms with Crippen molar-refractivity contribution >= 4 is 5.91 Å². The summed E-state index contributed by atoms with van der Waals surface area (Å²) in [6, 6.07) is 9.95. The maximum absolute atomic E-state index is 12.5. The van der Waals surface area contributed by atoms with Crippen LogP contribution in [0.3, 0.4) is 0 Å². The molecule has 3 nitrogen and oxygen atoms in total. The van der Waals surface area contributed by atoms with Crippen LogP contribution in [0.25, 0.3) is 0 Å². The van der Waals surface area contributed by atoms with Crippen molar-refractivity contribution in [2.24, 2.45) is 0 Å². The van der Waals surface area contributed by atoms with Gasteiger partial charge in [0, 0.05) is 12.1 Å². The fourth-order valence-electron chi connectivity index (χ4n) is 2.69. The molecule has 1 aromatic carbocycles. The maximum atomic E-state index is 12.5. The third-order valence-electron chi connectivity index (χ3n) is 3.87. The van der Waals surface area contributed by atoms with E-state index in [9.17, 15) is 4.79 Å². The van der Waals surface area contributed by atoms with Gasteiger partial charge in [0.25, 0.3) is 5.91 Å². The number of carbonyl (C=O) groups excluding carboxylic acids is 1. The average Bonchev–Trinajstić information content (AvgIpc) is 2.65. The summed E-state index contributed by atoms with van der Waals surface area (Å²) in [6.07, 6.45) is 9.02. The molecule has 0 fully saturated rings. The minimum Gasteiger partial charge on any atom is -0.354 e. The Morgan fingerprint density at radius 1 is 1.18 bits per heavy atom. The molecule has 1 atom stereocenters. The van der Waals surface area contributed by atoms with Gasteiger partial charge in [-0.15, -0.1) is 0 Å². The highest BCUT2D eigenvalue weighted by Gasteiger charge is 2.19. The Balaban J connectivity index is 1.74. The van der Waals surface area contributed by atoms with Crippen molar-refractivity contribution in [2.75, 3.05) is 0 Å². The first-order chi connectivity index (χ1) is 10.6. The second kappa shape index (κ2) is 6.06. The zero-order valence-corrected chi connectivity index (χ0v) is 12.9. The summed E-state index contributed by atoms with van der Waals surface area (Å²) in [6.45, 7) is 4.05. The van der Waals surface area contributed by atoms with Crippen LogP contribution in [0, 0.1) is 0 Å². The van der Waals surface area contributed by atoms with Crippen molar-refractivity contribution in [3.05, 3.63) is 82.7 Å². The van der Waals surface area contributed by atoms with Crippen LogP contribution in [0.15, 0.2) is 77.2 Å². The first kappa shape index (κ1) is 14.4. The number of nitrogens with one attached hydrogen (secondary N) is 2. The molecular weight excluding hydrogens is 272 g/mol. The molecule has 2 aliphatic rings. The molecule has 1 aromatic rings. The maximum Gasteiger partial charge on any atom is 0.268 e.